The normalized spacial score (nSPS) is 19.5. The molecular formula is C28H34F2N6O3S. The van der Waals surface area contributed by atoms with Gasteiger partial charge in [-0.25, -0.2) is 22.2 Å². The van der Waals surface area contributed by atoms with Crippen LogP contribution in [0, 0.1) is 18.6 Å². The first kappa shape index (κ1) is 27.1. The van der Waals surface area contributed by atoms with Crippen molar-refractivity contribution in [3.8, 4) is 0 Å². The zero-order chi connectivity index (χ0) is 27.9. The van der Waals surface area contributed by atoms with Crippen molar-refractivity contribution in [2.45, 2.75) is 37.9 Å². The molecule has 2 aromatic heterocycles. The second kappa shape index (κ2) is 11.1. The number of rotatable bonds is 6. The number of piperazine rings is 1. The van der Waals surface area contributed by atoms with Gasteiger partial charge in [0.25, 0.3) is 0 Å². The third-order valence-electron chi connectivity index (χ3n) is 8.21. The van der Waals surface area contributed by atoms with Gasteiger partial charge in [0.1, 0.15) is 17.5 Å². The third-order valence-corrected chi connectivity index (χ3v) is 10.6. The molecule has 1 aromatic carbocycles. The van der Waals surface area contributed by atoms with Crippen LogP contribution in [0.15, 0.2) is 30.6 Å². The van der Waals surface area contributed by atoms with Gasteiger partial charge in [-0.1, -0.05) is 12.8 Å². The van der Waals surface area contributed by atoms with Gasteiger partial charge in [-0.15, -0.1) is 0 Å². The predicted octanol–water partition coefficient (Wildman–Crippen LogP) is 4.19. The molecule has 4 heterocycles. The number of aromatic nitrogens is 2. The number of nitrogens with one attached hydrogen (secondary N) is 1. The molecule has 214 valence electrons. The van der Waals surface area contributed by atoms with Crippen LogP contribution in [0.4, 0.5) is 31.7 Å². The summed E-state index contributed by atoms with van der Waals surface area (Å²) in [5, 5.41) is 3.26. The summed E-state index contributed by atoms with van der Waals surface area (Å²) in [5.74, 6) is -0.832. The number of fused-ring (bicyclic) bond motifs is 1. The highest BCUT2D eigenvalue weighted by molar-refractivity contribution is 7.89. The molecule has 12 heteroatoms. The number of benzene rings is 1. The van der Waals surface area contributed by atoms with Gasteiger partial charge in [-0.3, -0.25) is 4.98 Å². The van der Waals surface area contributed by atoms with E-state index in [9.17, 15) is 12.8 Å². The van der Waals surface area contributed by atoms with Crippen molar-refractivity contribution in [3.05, 3.63) is 47.8 Å². The van der Waals surface area contributed by atoms with E-state index in [-0.39, 0.29) is 16.2 Å². The van der Waals surface area contributed by atoms with Crippen molar-refractivity contribution in [1.82, 2.24) is 14.3 Å². The Bertz CT molecular complexity index is 1500. The second-order valence-corrected chi connectivity index (χ2v) is 12.9. The Morgan fingerprint density at radius 1 is 0.950 bits per heavy atom. The molecule has 0 unspecified atom stereocenters. The lowest BCUT2D eigenvalue weighted by atomic mass is 10.1. The molecule has 0 bridgehead atoms. The summed E-state index contributed by atoms with van der Waals surface area (Å²) in [6.07, 6.45) is 6.82. The van der Waals surface area contributed by atoms with Gasteiger partial charge >= 0.3 is 0 Å². The number of hydrogen-bond donors (Lipinski definition) is 1. The number of ether oxygens (including phenoxy) is 1. The van der Waals surface area contributed by atoms with Crippen LogP contribution >= 0.6 is 0 Å². The first-order valence-corrected chi connectivity index (χ1v) is 15.4. The summed E-state index contributed by atoms with van der Waals surface area (Å²) < 4.78 is 62.8. The number of sulfonamides is 1. The van der Waals surface area contributed by atoms with Crippen LogP contribution in [0.3, 0.4) is 0 Å². The number of morpholine rings is 1. The summed E-state index contributed by atoms with van der Waals surface area (Å²) in [6.45, 7) is 6.22. The van der Waals surface area contributed by atoms with E-state index in [0.717, 1.165) is 50.5 Å². The minimum Gasteiger partial charge on any atom is -0.378 e. The standard InChI is InChI=1S/C28H34F2N6O3S/c1-19-27(32-21-16-22(18-31-17-21)34-10-12-39-13-11-34)26-24(30)14-20(29)15-25(26)33-28(19)35-6-8-36(9-7-35)40(37,38)23-4-2-3-5-23/h14-18,23H,2-13H2,1H3,(H,32,33). The number of halogens is 2. The molecule has 1 saturated carbocycles. The maximum absolute atomic E-state index is 15.2. The van der Waals surface area contributed by atoms with E-state index in [2.05, 4.69) is 20.2 Å². The Morgan fingerprint density at radius 3 is 2.40 bits per heavy atom. The van der Waals surface area contributed by atoms with Crippen LogP contribution in [0.5, 0.6) is 0 Å². The van der Waals surface area contributed by atoms with Crippen LogP contribution in [0.25, 0.3) is 10.9 Å². The van der Waals surface area contributed by atoms with Gasteiger partial charge in [0.05, 0.1) is 58.8 Å². The summed E-state index contributed by atoms with van der Waals surface area (Å²) >= 11 is 0. The fraction of sp³-hybridized carbons (Fsp3) is 0.500. The van der Waals surface area contributed by atoms with Gasteiger partial charge in [0.15, 0.2) is 0 Å². The average Bonchev–Trinajstić information content (AvgIpc) is 3.51. The molecule has 3 fully saturated rings. The molecule has 1 N–H and O–H groups in total. The van der Waals surface area contributed by atoms with E-state index < -0.39 is 21.7 Å². The monoisotopic (exact) mass is 572 g/mol. The maximum atomic E-state index is 15.2. The predicted molar refractivity (Wildman–Crippen MR) is 152 cm³/mol. The highest BCUT2D eigenvalue weighted by atomic mass is 32.2. The maximum Gasteiger partial charge on any atom is 0.217 e. The fourth-order valence-electron chi connectivity index (χ4n) is 6.04. The zero-order valence-corrected chi connectivity index (χ0v) is 23.4. The topological polar surface area (TPSA) is 90.9 Å². The number of nitrogens with zero attached hydrogens (tertiary/aromatic N) is 5. The highest BCUT2D eigenvalue weighted by Gasteiger charge is 2.36. The van der Waals surface area contributed by atoms with Crippen molar-refractivity contribution >= 4 is 43.8 Å². The molecule has 3 aliphatic rings. The third kappa shape index (κ3) is 5.19. The highest BCUT2D eigenvalue weighted by Crippen LogP contribution is 2.38. The SMILES string of the molecule is Cc1c(N2CCN(S(=O)(=O)C3CCCC3)CC2)nc2cc(F)cc(F)c2c1Nc1cncc(N2CCOCC2)c1. The van der Waals surface area contributed by atoms with Gasteiger partial charge in [0.2, 0.25) is 10.0 Å². The molecule has 9 nitrogen and oxygen atoms in total. The van der Waals surface area contributed by atoms with Crippen molar-refractivity contribution in [2.75, 3.05) is 67.6 Å². The Hall–Kier alpha value is -3.09. The summed E-state index contributed by atoms with van der Waals surface area (Å²) in [6, 6.07) is 4.05. The average molecular weight is 573 g/mol. The summed E-state index contributed by atoms with van der Waals surface area (Å²) in [7, 11) is -3.33. The Labute approximate surface area is 233 Å². The number of anilines is 4. The van der Waals surface area contributed by atoms with E-state index in [0.29, 0.717) is 62.1 Å². The Kier molecular flexibility index (Phi) is 7.49. The van der Waals surface area contributed by atoms with Crippen LogP contribution in [0.1, 0.15) is 31.2 Å². The molecule has 40 heavy (non-hydrogen) atoms. The molecule has 0 radical (unpaired) electrons. The molecule has 0 amide bonds. The van der Waals surface area contributed by atoms with Gasteiger partial charge in [-0.05, 0) is 25.8 Å². The molecule has 0 atom stereocenters. The Morgan fingerprint density at radius 2 is 1.68 bits per heavy atom. The van der Waals surface area contributed by atoms with Crippen LogP contribution in [-0.2, 0) is 14.8 Å². The van der Waals surface area contributed by atoms with Crippen molar-refractivity contribution < 1.29 is 21.9 Å². The summed E-state index contributed by atoms with van der Waals surface area (Å²) in [4.78, 5) is 13.3. The first-order chi connectivity index (χ1) is 19.3. The molecule has 3 aromatic rings. The molecule has 0 spiro atoms. The molecular weight excluding hydrogens is 538 g/mol. The van der Waals surface area contributed by atoms with Crippen LogP contribution in [0.2, 0.25) is 0 Å². The van der Waals surface area contributed by atoms with Gasteiger partial charge in [-0.2, -0.15) is 4.31 Å². The lowest BCUT2D eigenvalue weighted by Gasteiger charge is -2.37. The minimum absolute atomic E-state index is 0.193. The molecule has 6 rings (SSSR count). The first-order valence-electron chi connectivity index (χ1n) is 13.9. The van der Waals surface area contributed by atoms with Crippen molar-refractivity contribution in [1.29, 1.82) is 0 Å². The van der Waals surface area contributed by atoms with Crippen LogP contribution < -0.4 is 15.1 Å². The number of pyridine rings is 2. The van der Waals surface area contributed by atoms with E-state index in [4.69, 9.17) is 4.74 Å². The van der Waals surface area contributed by atoms with Crippen molar-refractivity contribution in [3.63, 3.8) is 0 Å². The second-order valence-electron chi connectivity index (χ2n) is 10.7. The van der Waals surface area contributed by atoms with E-state index >= 15 is 4.39 Å². The van der Waals surface area contributed by atoms with E-state index in [1.165, 1.54) is 6.07 Å². The Balaban J connectivity index is 1.32. The van der Waals surface area contributed by atoms with E-state index in [1.54, 1.807) is 16.7 Å². The van der Waals surface area contributed by atoms with E-state index in [1.807, 2.05) is 17.9 Å². The molecule has 1 aliphatic carbocycles. The number of hydrogen-bond acceptors (Lipinski definition) is 8. The molecule has 2 aliphatic heterocycles. The van der Waals surface area contributed by atoms with Crippen molar-refractivity contribution in [2.24, 2.45) is 0 Å². The largest absolute Gasteiger partial charge is 0.378 e. The lowest BCUT2D eigenvalue weighted by Crippen LogP contribution is -2.51. The quantitative estimate of drug-likeness (QED) is 0.470. The van der Waals surface area contributed by atoms with Gasteiger partial charge in [0, 0.05) is 57.0 Å². The zero-order valence-electron chi connectivity index (χ0n) is 22.6. The minimum atomic E-state index is -3.33. The summed E-state index contributed by atoms with van der Waals surface area (Å²) in [5.41, 5.74) is 2.97. The van der Waals surface area contributed by atoms with Crippen LogP contribution in [-0.4, -0.2) is 80.4 Å². The lowest BCUT2D eigenvalue weighted by molar-refractivity contribution is 0.122. The van der Waals surface area contributed by atoms with Gasteiger partial charge < -0.3 is 19.9 Å². The smallest absolute Gasteiger partial charge is 0.217 e. The molecule has 2 saturated heterocycles. The fourth-order valence-corrected chi connectivity index (χ4v) is 8.07.